The summed E-state index contributed by atoms with van der Waals surface area (Å²) in [6.07, 6.45) is 7.15. The number of piperidine rings is 1. The second-order valence-corrected chi connectivity index (χ2v) is 7.73. The maximum atomic E-state index is 12.7. The van der Waals surface area contributed by atoms with Gasteiger partial charge in [-0.2, -0.15) is 0 Å². The summed E-state index contributed by atoms with van der Waals surface area (Å²) < 4.78 is 0. The first-order valence-corrected chi connectivity index (χ1v) is 9.46. The molecule has 0 radical (unpaired) electrons. The number of anilines is 1. The molecule has 0 bridgehead atoms. The van der Waals surface area contributed by atoms with Crippen molar-refractivity contribution in [3.63, 3.8) is 0 Å². The SMILES string of the molecule is CC1(N)CCCCC1C(=O)Nc1cccc(C(=O)N2CCCCC2)c1. The van der Waals surface area contributed by atoms with Crippen LogP contribution in [0.2, 0.25) is 0 Å². The van der Waals surface area contributed by atoms with Gasteiger partial charge in [0, 0.05) is 29.9 Å². The summed E-state index contributed by atoms with van der Waals surface area (Å²) in [5.74, 6) is -0.160. The summed E-state index contributed by atoms with van der Waals surface area (Å²) in [5.41, 5.74) is 7.19. The third kappa shape index (κ3) is 4.21. The van der Waals surface area contributed by atoms with Gasteiger partial charge in [0.1, 0.15) is 0 Å². The third-order valence-corrected chi connectivity index (χ3v) is 5.59. The highest BCUT2D eigenvalue weighted by atomic mass is 16.2. The average molecular weight is 343 g/mol. The summed E-state index contributed by atoms with van der Waals surface area (Å²) in [7, 11) is 0. The zero-order valence-corrected chi connectivity index (χ0v) is 15.1. The highest BCUT2D eigenvalue weighted by Gasteiger charge is 2.37. The molecule has 2 amide bonds. The van der Waals surface area contributed by atoms with E-state index in [0.717, 1.165) is 51.6 Å². The normalized spacial score (nSPS) is 27.0. The maximum absolute atomic E-state index is 12.7. The van der Waals surface area contributed by atoms with E-state index in [1.165, 1.54) is 6.42 Å². The number of rotatable bonds is 3. The average Bonchev–Trinajstić information content (AvgIpc) is 2.61. The second-order valence-electron chi connectivity index (χ2n) is 7.73. The van der Waals surface area contributed by atoms with Crippen molar-refractivity contribution in [2.24, 2.45) is 11.7 Å². The number of hydrogen-bond acceptors (Lipinski definition) is 3. The molecule has 5 heteroatoms. The van der Waals surface area contributed by atoms with E-state index >= 15 is 0 Å². The lowest BCUT2D eigenvalue weighted by atomic mass is 9.74. The van der Waals surface area contributed by atoms with E-state index in [1.54, 1.807) is 6.07 Å². The minimum absolute atomic E-state index is 0.0349. The number of amides is 2. The smallest absolute Gasteiger partial charge is 0.253 e. The Labute approximate surface area is 150 Å². The van der Waals surface area contributed by atoms with Gasteiger partial charge in [-0.1, -0.05) is 18.9 Å². The van der Waals surface area contributed by atoms with Gasteiger partial charge in [0.15, 0.2) is 0 Å². The van der Waals surface area contributed by atoms with Gasteiger partial charge in [-0.3, -0.25) is 9.59 Å². The molecule has 1 saturated heterocycles. The molecule has 1 heterocycles. The number of benzene rings is 1. The van der Waals surface area contributed by atoms with Crippen molar-refractivity contribution in [3.8, 4) is 0 Å². The number of nitrogens with zero attached hydrogens (tertiary/aromatic N) is 1. The van der Waals surface area contributed by atoms with Crippen LogP contribution in [0, 0.1) is 5.92 Å². The van der Waals surface area contributed by atoms with Gasteiger partial charge in [-0.15, -0.1) is 0 Å². The summed E-state index contributed by atoms with van der Waals surface area (Å²) in [6.45, 7) is 3.61. The standard InChI is InChI=1S/C20H29N3O2/c1-20(21)11-4-3-10-17(20)18(24)22-16-9-7-8-15(14-16)19(25)23-12-5-2-6-13-23/h7-9,14,17H,2-6,10-13,21H2,1H3,(H,22,24). The first kappa shape index (κ1) is 17.9. The molecule has 3 rings (SSSR count). The van der Waals surface area contributed by atoms with E-state index in [0.29, 0.717) is 11.3 Å². The molecule has 0 spiro atoms. The molecule has 5 nitrogen and oxygen atoms in total. The molecule has 25 heavy (non-hydrogen) atoms. The van der Waals surface area contributed by atoms with E-state index in [2.05, 4.69) is 5.32 Å². The molecular formula is C20H29N3O2. The predicted molar refractivity (Wildman–Crippen MR) is 99.4 cm³/mol. The lowest BCUT2D eigenvalue weighted by Crippen LogP contribution is -2.51. The Morgan fingerprint density at radius 2 is 1.92 bits per heavy atom. The number of likely N-dealkylation sites (tertiary alicyclic amines) is 1. The molecule has 1 aliphatic carbocycles. The fraction of sp³-hybridized carbons (Fsp3) is 0.600. The Morgan fingerprint density at radius 1 is 1.16 bits per heavy atom. The van der Waals surface area contributed by atoms with Crippen LogP contribution in [0.25, 0.3) is 0 Å². The van der Waals surface area contributed by atoms with Crippen LogP contribution in [-0.4, -0.2) is 35.3 Å². The summed E-state index contributed by atoms with van der Waals surface area (Å²) in [4.78, 5) is 27.2. The van der Waals surface area contributed by atoms with Crippen molar-refractivity contribution in [3.05, 3.63) is 29.8 Å². The molecule has 1 aliphatic heterocycles. The van der Waals surface area contributed by atoms with Crippen molar-refractivity contribution in [2.45, 2.75) is 57.4 Å². The molecule has 3 N–H and O–H groups in total. The highest BCUT2D eigenvalue weighted by molar-refractivity contribution is 5.98. The molecule has 2 atom stereocenters. The number of nitrogens with one attached hydrogen (secondary N) is 1. The van der Waals surface area contributed by atoms with Gasteiger partial charge in [0.2, 0.25) is 5.91 Å². The van der Waals surface area contributed by atoms with Crippen LogP contribution in [0.4, 0.5) is 5.69 Å². The first-order chi connectivity index (χ1) is 12.0. The Morgan fingerprint density at radius 3 is 2.64 bits per heavy atom. The van der Waals surface area contributed by atoms with Gasteiger partial charge in [0.25, 0.3) is 5.91 Å². The summed E-state index contributed by atoms with van der Waals surface area (Å²) >= 11 is 0. The molecule has 136 valence electrons. The van der Waals surface area contributed by atoms with E-state index in [9.17, 15) is 9.59 Å². The lowest BCUT2D eigenvalue weighted by Gasteiger charge is -2.37. The fourth-order valence-electron chi connectivity index (χ4n) is 4.03. The van der Waals surface area contributed by atoms with Crippen molar-refractivity contribution in [1.29, 1.82) is 0 Å². The van der Waals surface area contributed by atoms with E-state index in [-0.39, 0.29) is 17.7 Å². The first-order valence-electron chi connectivity index (χ1n) is 9.46. The van der Waals surface area contributed by atoms with Gasteiger partial charge < -0.3 is 16.0 Å². The van der Waals surface area contributed by atoms with E-state index < -0.39 is 5.54 Å². The number of carbonyl (C=O) groups excluding carboxylic acids is 2. The maximum Gasteiger partial charge on any atom is 0.253 e. The topological polar surface area (TPSA) is 75.4 Å². The summed E-state index contributed by atoms with van der Waals surface area (Å²) in [5, 5.41) is 2.98. The molecule has 2 aliphatic rings. The van der Waals surface area contributed by atoms with Crippen LogP contribution in [0.5, 0.6) is 0 Å². The van der Waals surface area contributed by atoms with Crippen molar-refractivity contribution < 1.29 is 9.59 Å². The Hall–Kier alpha value is -1.88. The van der Waals surface area contributed by atoms with Gasteiger partial charge >= 0.3 is 0 Å². The Kier molecular flexibility index (Phi) is 5.42. The highest BCUT2D eigenvalue weighted by Crippen LogP contribution is 2.32. The molecule has 1 aromatic rings. The monoisotopic (exact) mass is 343 g/mol. The molecule has 2 fully saturated rings. The van der Waals surface area contributed by atoms with E-state index in [1.807, 2.05) is 30.0 Å². The summed E-state index contributed by atoms with van der Waals surface area (Å²) in [6, 6.07) is 7.27. The van der Waals surface area contributed by atoms with Crippen molar-refractivity contribution in [1.82, 2.24) is 4.90 Å². The molecule has 1 saturated carbocycles. The van der Waals surface area contributed by atoms with Crippen LogP contribution in [-0.2, 0) is 4.79 Å². The molecular weight excluding hydrogens is 314 g/mol. The number of nitrogens with two attached hydrogens (primary N) is 1. The Balaban J connectivity index is 1.69. The lowest BCUT2D eigenvalue weighted by molar-refractivity contribution is -0.122. The van der Waals surface area contributed by atoms with Crippen molar-refractivity contribution in [2.75, 3.05) is 18.4 Å². The van der Waals surface area contributed by atoms with Crippen LogP contribution < -0.4 is 11.1 Å². The molecule has 0 aromatic heterocycles. The zero-order valence-electron chi connectivity index (χ0n) is 15.1. The van der Waals surface area contributed by atoms with Gasteiger partial charge in [-0.25, -0.2) is 0 Å². The fourth-order valence-corrected chi connectivity index (χ4v) is 4.03. The van der Waals surface area contributed by atoms with E-state index in [4.69, 9.17) is 5.73 Å². The van der Waals surface area contributed by atoms with Crippen LogP contribution >= 0.6 is 0 Å². The molecule has 2 unspecified atom stereocenters. The van der Waals surface area contributed by atoms with Gasteiger partial charge in [-0.05, 0) is 57.2 Å². The third-order valence-electron chi connectivity index (χ3n) is 5.59. The quantitative estimate of drug-likeness (QED) is 0.885. The number of carbonyl (C=O) groups is 2. The zero-order chi connectivity index (χ0) is 17.9. The number of hydrogen-bond donors (Lipinski definition) is 2. The minimum Gasteiger partial charge on any atom is -0.339 e. The van der Waals surface area contributed by atoms with Crippen LogP contribution in [0.15, 0.2) is 24.3 Å². The molecule has 1 aromatic carbocycles. The second kappa shape index (κ2) is 7.56. The largest absolute Gasteiger partial charge is 0.339 e. The van der Waals surface area contributed by atoms with Crippen LogP contribution in [0.1, 0.15) is 62.2 Å². The minimum atomic E-state index is -0.455. The predicted octanol–water partition coefficient (Wildman–Crippen LogP) is 3.16. The van der Waals surface area contributed by atoms with Crippen molar-refractivity contribution >= 4 is 17.5 Å². The van der Waals surface area contributed by atoms with Crippen LogP contribution in [0.3, 0.4) is 0 Å². The Bertz CT molecular complexity index is 636. The van der Waals surface area contributed by atoms with Gasteiger partial charge in [0.05, 0.1) is 5.92 Å².